The Balaban J connectivity index is 2.37. The average molecular weight is 232 g/mol. The molecule has 0 aromatic carbocycles. The standard InChI is InChI=1S/C10H18ClN3O/c1-3-4-12-5-9(15)7-14-8(2)10(11)6-13-14/h6,9,12,15H,3-5,7H2,1-2H3. The summed E-state index contributed by atoms with van der Waals surface area (Å²) in [4.78, 5) is 0. The fourth-order valence-electron chi connectivity index (χ4n) is 1.32. The van der Waals surface area contributed by atoms with Crippen molar-refractivity contribution in [3.8, 4) is 0 Å². The number of aliphatic hydroxyl groups excluding tert-OH is 1. The lowest BCUT2D eigenvalue weighted by molar-refractivity contribution is 0.146. The monoisotopic (exact) mass is 231 g/mol. The fraction of sp³-hybridized carbons (Fsp3) is 0.700. The second-order valence-corrected chi connectivity index (χ2v) is 4.03. The van der Waals surface area contributed by atoms with E-state index < -0.39 is 6.10 Å². The van der Waals surface area contributed by atoms with Gasteiger partial charge < -0.3 is 10.4 Å². The largest absolute Gasteiger partial charge is 0.390 e. The summed E-state index contributed by atoms with van der Waals surface area (Å²) in [7, 11) is 0. The molecular weight excluding hydrogens is 214 g/mol. The van der Waals surface area contributed by atoms with Crippen LogP contribution in [-0.4, -0.2) is 34.1 Å². The van der Waals surface area contributed by atoms with Crippen molar-refractivity contribution in [1.82, 2.24) is 15.1 Å². The first-order valence-electron chi connectivity index (χ1n) is 5.21. The highest BCUT2D eigenvalue weighted by molar-refractivity contribution is 6.31. The zero-order chi connectivity index (χ0) is 11.3. The summed E-state index contributed by atoms with van der Waals surface area (Å²) in [6.45, 7) is 5.98. The average Bonchev–Trinajstić information content (AvgIpc) is 2.50. The Kier molecular flexibility index (Phi) is 5.08. The Morgan fingerprint density at radius 3 is 2.93 bits per heavy atom. The summed E-state index contributed by atoms with van der Waals surface area (Å²) in [5.74, 6) is 0. The molecule has 1 aromatic heterocycles. The van der Waals surface area contributed by atoms with Crippen molar-refractivity contribution >= 4 is 11.6 Å². The van der Waals surface area contributed by atoms with Gasteiger partial charge >= 0.3 is 0 Å². The van der Waals surface area contributed by atoms with Crippen molar-refractivity contribution in [2.45, 2.75) is 32.9 Å². The van der Waals surface area contributed by atoms with Crippen LogP contribution in [-0.2, 0) is 6.54 Å². The predicted octanol–water partition coefficient (Wildman–Crippen LogP) is 1.21. The summed E-state index contributed by atoms with van der Waals surface area (Å²) >= 11 is 5.86. The van der Waals surface area contributed by atoms with Crippen LogP contribution in [0.5, 0.6) is 0 Å². The minimum absolute atomic E-state index is 0.425. The normalized spacial score (nSPS) is 13.1. The molecule has 0 fully saturated rings. The molecule has 4 nitrogen and oxygen atoms in total. The molecule has 0 saturated carbocycles. The molecule has 5 heteroatoms. The Hall–Kier alpha value is -0.580. The highest BCUT2D eigenvalue weighted by Gasteiger charge is 2.09. The van der Waals surface area contributed by atoms with Crippen LogP contribution in [0.3, 0.4) is 0 Å². The molecule has 0 amide bonds. The molecule has 0 saturated heterocycles. The maximum absolute atomic E-state index is 9.70. The zero-order valence-electron chi connectivity index (χ0n) is 9.20. The van der Waals surface area contributed by atoms with E-state index in [1.807, 2.05) is 6.92 Å². The van der Waals surface area contributed by atoms with Gasteiger partial charge in [-0.1, -0.05) is 18.5 Å². The predicted molar refractivity (Wildman–Crippen MR) is 61.1 cm³/mol. The second kappa shape index (κ2) is 6.10. The maximum atomic E-state index is 9.70. The van der Waals surface area contributed by atoms with Crippen LogP contribution in [0, 0.1) is 6.92 Å². The number of halogens is 1. The van der Waals surface area contributed by atoms with E-state index >= 15 is 0 Å². The van der Waals surface area contributed by atoms with Crippen molar-refractivity contribution in [1.29, 1.82) is 0 Å². The fourth-order valence-corrected chi connectivity index (χ4v) is 1.46. The van der Waals surface area contributed by atoms with E-state index in [-0.39, 0.29) is 0 Å². The molecular formula is C10H18ClN3O. The van der Waals surface area contributed by atoms with E-state index in [1.165, 1.54) is 0 Å². The smallest absolute Gasteiger partial charge is 0.0860 e. The summed E-state index contributed by atoms with van der Waals surface area (Å²) in [5, 5.41) is 17.6. The molecule has 1 unspecified atom stereocenters. The summed E-state index contributed by atoms with van der Waals surface area (Å²) in [6, 6.07) is 0. The third-order valence-corrected chi connectivity index (χ3v) is 2.60. The number of aromatic nitrogens is 2. The molecule has 0 radical (unpaired) electrons. The van der Waals surface area contributed by atoms with Crippen LogP contribution in [0.2, 0.25) is 5.02 Å². The number of rotatable bonds is 6. The molecule has 0 aliphatic heterocycles. The van der Waals surface area contributed by atoms with Crippen molar-refractivity contribution in [2.24, 2.45) is 0 Å². The van der Waals surface area contributed by atoms with Gasteiger partial charge in [-0.15, -0.1) is 0 Å². The number of nitrogens with zero attached hydrogens (tertiary/aromatic N) is 2. The van der Waals surface area contributed by atoms with E-state index in [2.05, 4.69) is 17.3 Å². The van der Waals surface area contributed by atoms with E-state index in [1.54, 1.807) is 10.9 Å². The van der Waals surface area contributed by atoms with Gasteiger partial charge in [0.2, 0.25) is 0 Å². The number of aliphatic hydroxyl groups is 1. The lowest BCUT2D eigenvalue weighted by Gasteiger charge is -2.12. The molecule has 1 atom stereocenters. The van der Waals surface area contributed by atoms with Crippen molar-refractivity contribution in [2.75, 3.05) is 13.1 Å². The van der Waals surface area contributed by atoms with Crippen molar-refractivity contribution in [3.05, 3.63) is 16.9 Å². The Morgan fingerprint density at radius 2 is 2.40 bits per heavy atom. The minimum Gasteiger partial charge on any atom is -0.390 e. The topological polar surface area (TPSA) is 50.1 Å². The first-order valence-corrected chi connectivity index (χ1v) is 5.59. The SMILES string of the molecule is CCCNCC(O)Cn1ncc(Cl)c1C. The van der Waals surface area contributed by atoms with Crippen LogP contribution in [0.4, 0.5) is 0 Å². The molecule has 1 heterocycles. The van der Waals surface area contributed by atoms with Gasteiger partial charge in [-0.2, -0.15) is 5.10 Å². The van der Waals surface area contributed by atoms with E-state index in [0.29, 0.717) is 18.1 Å². The molecule has 0 bridgehead atoms. The molecule has 1 aromatic rings. The highest BCUT2D eigenvalue weighted by atomic mass is 35.5. The van der Waals surface area contributed by atoms with Gasteiger partial charge in [-0.05, 0) is 19.9 Å². The summed E-state index contributed by atoms with van der Waals surface area (Å²) in [6.07, 6.45) is 2.24. The minimum atomic E-state index is -0.425. The third-order valence-electron chi connectivity index (χ3n) is 2.23. The molecule has 0 spiro atoms. The van der Waals surface area contributed by atoms with Gasteiger partial charge in [-0.25, -0.2) is 0 Å². The molecule has 2 N–H and O–H groups in total. The number of hydrogen-bond donors (Lipinski definition) is 2. The molecule has 0 aliphatic rings. The van der Waals surface area contributed by atoms with E-state index in [4.69, 9.17) is 11.6 Å². The summed E-state index contributed by atoms with van der Waals surface area (Å²) < 4.78 is 1.72. The van der Waals surface area contributed by atoms with Gasteiger partial charge in [0.15, 0.2) is 0 Å². The van der Waals surface area contributed by atoms with Crippen molar-refractivity contribution in [3.63, 3.8) is 0 Å². The zero-order valence-corrected chi connectivity index (χ0v) is 9.96. The number of hydrogen-bond acceptors (Lipinski definition) is 3. The molecule has 86 valence electrons. The first-order chi connectivity index (χ1) is 7.15. The number of nitrogens with one attached hydrogen (secondary N) is 1. The third kappa shape index (κ3) is 3.81. The van der Waals surface area contributed by atoms with Gasteiger partial charge in [0, 0.05) is 6.54 Å². The molecule has 1 rings (SSSR count). The maximum Gasteiger partial charge on any atom is 0.0860 e. The van der Waals surface area contributed by atoms with Crippen LogP contribution in [0.1, 0.15) is 19.0 Å². The molecule has 15 heavy (non-hydrogen) atoms. The van der Waals surface area contributed by atoms with Crippen LogP contribution in [0.15, 0.2) is 6.20 Å². The summed E-state index contributed by atoms with van der Waals surface area (Å²) in [5.41, 5.74) is 0.895. The van der Waals surface area contributed by atoms with Gasteiger partial charge in [0.05, 0.1) is 29.6 Å². The first kappa shape index (κ1) is 12.5. The quantitative estimate of drug-likeness (QED) is 0.724. The Morgan fingerprint density at radius 1 is 1.67 bits per heavy atom. The van der Waals surface area contributed by atoms with Gasteiger partial charge in [0.25, 0.3) is 0 Å². The highest BCUT2D eigenvalue weighted by Crippen LogP contribution is 2.13. The lowest BCUT2D eigenvalue weighted by atomic mass is 10.3. The van der Waals surface area contributed by atoms with Crippen molar-refractivity contribution < 1.29 is 5.11 Å². The molecule has 0 aliphatic carbocycles. The van der Waals surface area contributed by atoms with Gasteiger partial charge in [0.1, 0.15) is 0 Å². The second-order valence-electron chi connectivity index (χ2n) is 3.62. The lowest BCUT2D eigenvalue weighted by Crippen LogP contribution is -2.31. The van der Waals surface area contributed by atoms with Gasteiger partial charge in [-0.3, -0.25) is 4.68 Å². The Labute approximate surface area is 95.2 Å². The van der Waals surface area contributed by atoms with E-state index in [0.717, 1.165) is 18.7 Å². The van der Waals surface area contributed by atoms with Crippen LogP contribution >= 0.6 is 11.6 Å². The van der Waals surface area contributed by atoms with Crippen LogP contribution in [0.25, 0.3) is 0 Å². The Bertz CT molecular complexity index is 301. The van der Waals surface area contributed by atoms with Crippen LogP contribution < -0.4 is 5.32 Å². The van der Waals surface area contributed by atoms with E-state index in [9.17, 15) is 5.11 Å².